The standard InChI is InChI=1S/C33H34N4O3S2/c1-5-33(2,3)22-15-16-24-25(19-34)30(42-28(24)18-22)36-29(38)20-41-32-35-26(17-21-11-9-10-14-27(21)40-4)31(39)37(32)23-12-7-6-8-13-23/h6-14,17,22H,5,15-16,18,20H2,1-4H3,(H,36,38)/b26-17-/t22-/m0/s1. The summed E-state index contributed by atoms with van der Waals surface area (Å²) in [5, 5.41) is 14.0. The lowest BCUT2D eigenvalue weighted by atomic mass is 9.69. The molecule has 3 aromatic rings. The summed E-state index contributed by atoms with van der Waals surface area (Å²) >= 11 is 2.72. The Labute approximate surface area is 255 Å². The van der Waals surface area contributed by atoms with Gasteiger partial charge in [0.25, 0.3) is 5.91 Å². The molecule has 7 nitrogen and oxygen atoms in total. The number of ether oxygens (including phenoxy) is 1. The van der Waals surface area contributed by atoms with Crippen LogP contribution in [0.3, 0.4) is 0 Å². The lowest BCUT2D eigenvalue weighted by molar-refractivity contribution is -0.114. The van der Waals surface area contributed by atoms with Crippen molar-refractivity contribution in [3.8, 4) is 11.8 Å². The Morgan fingerprint density at radius 2 is 1.98 bits per heavy atom. The van der Waals surface area contributed by atoms with E-state index < -0.39 is 0 Å². The topological polar surface area (TPSA) is 94.8 Å². The van der Waals surface area contributed by atoms with Crippen LogP contribution in [0.25, 0.3) is 6.08 Å². The molecule has 0 saturated heterocycles. The van der Waals surface area contributed by atoms with Crippen LogP contribution in [0.5, 0.6) is 5.75 Å². The zero-order valence-electron chi connectivity index (χ0n) is 24.3. The lowest BCUT2D eigenvalue weighted by Gasteiger charge is -2.36. The number of hydrogen-bond acceptors (Lipinski definition) is 7. The Morgan fingerprint density at radius 3 is 2.69 bits per heavy atom. The molecule has 0 spiro atoms. The summed E-state index contributed by atoms with van der Waals surface area (Å²) in [5.41, 5.74) is 3.56. The first-order valence-electron chi connectivity index (χ1n) is 14.1. The van der Waals surface area contributed by atoms with Crippen molar-refractivity contribution in [2.24, 2.45) is 16.3 Å². The van der Waals surface area contributed by atoms with Gasteiger partial charge in [-0.1, -0.05) is 75.4 Å². The molecular weight excluding hydrogens is 565 g/mol. The zero-order chi connectivity index (χ0) is 29.9. The van der Waals surface area contributed by atoms with Gasteiger partial charge < -0.3 is 10.1 Å². The second-order valence-electron chi connectivity index (χ2n) is 11.1. The summed E-state index contributed by atoms with van der Waals surface area (Å²) in [4.78, 5) is 34.1. The molecule has 9 heteroatoms. The number of amides is 2. The second kappa shape index (κ2) is 12.6. The molecule has 1 aromatic heterocycles. The number of hydrogen-bond donors (Lipinski definition) is 1. The van der Waals surface area contributed by atoms with Crippen molar-refractivity contribution in [1.82, 2.24) is 0 Å². The van der Waals surface area contributed by atoms with E-state index in [0.717, 1.165) is 36.8 Å². The molecule has 2 aromatic carbocycles. The van der Waals surface area contributed by atoms with Crippen molar-refractivity contribution in [2.75, 3.05) is 23.1 Å². The summed E-state index contributed by atoms with van der Waals surface area (Å²) < 4.78 is 5.44. The molecule has 1 aliphatic heterocycles. The van der Waals surface area contributed by atoms with Crippen molar-refractivity contribution in [2.45, 2.75) is 46.5 Å². The molecule has 1 atom stereocenters. The third kappa shape index (κ3) is 6.01. The fraction of sp³-hybridized carbons (Fsp3) is 0.333. The maximum Gasteiger partial charge on any atom is 0.283 e. The normalized spacial score (nSPS) is 17.5. The Balaban J connectivity index is 1.35. The number of anilines is 2. The SMILES string of the molecule is CCC(C)(C)[C@H]1CCc2c(sc(NC(=O)CSC3=N/C(=C\c4ccccc4OC)C(=O)N3c3ccccc3)c2C#N)C1. The molecule has 2 aliphatic rings. The molecule has 216 valence electrons. The maximum absolute atomic E-state index is 13.5. The number of nitrogens with zero attached hydrogens (tertiary/aromatic N) is 3. The van der Waals surface area contributed by atoms with Gasteiger partial charge in [-0.3, -0.25) is 14.5 Å². The van der Waals surface area contributed by atoms with E-state index in [2.05, 4.69) is 37.1 Å². The number of methoxy groups -OCH3 is 1. The smallest absolute Gasteiger partial charge is 0.283 e. The number of benzene rings is 2. The van der Waals surface area contributed by atoms with Crippen LogP contribution in [-0.4, -0.2) is 29.8 Å². The summed E-state index contributed by atoms with van der Waals surface area (Å²) in [6.07, 6.45) is 5.65. The number of carbonyl (C=O) groups is 2. The van der Waals surface area contributed by atoms with Gasteiger partial charge in [0.05, 0.1) is 24.1 Å². The van der Waals surface area contributed by atoms with E-state index in [9.17, 15) is 14.9 Å². The Morgan fingerprint density at radius 1 is 1.24 bits per heavy atom. The van der Waals surface area contributed by atoms with Crippen molar-refractivity contribution in [1.29, 1.82) is 5.26 Å². The number of carbonyl (C=O) groups excluding carboxylic acids is 2. The molecule has 0 fully saturated rings. The van der Waals surface area contributed by atoms with E-state index in [-0.39, 0.29) is 28.7 Å². The summed E-state index contributed by atoms with van der Waals surface area (Å²) in [5.74, 6) is 0.703. The van der Waals surface area contributed by atoms with Gasteiger partial charge in [0.15, 0.2) is 5.17 Å². The summed E-state index contributed by atoms with van der Waals surface area (Å²) in [7, 11) is 1.58. The second-order valence-corrected chi connectivity index (χ2v) is 13.1. The molecule has 2 heterocycles. The highest BCUT2D eigenvalue weighted by atomic mass is 32.2. The van der Waals surface area contributed by atoms with Gasteiger partial charge in [0, 0.05) is 10.4 Å². The molecule has 1 aliphatic carbocycles. The van der Waals surface area contributed by atoms with Crippen LogP contribution in [0, 0.1) is 22.7 Å². The first-order valence-corrected chi connectivity index (χ1v) is 15.9. The highest BCUT2D eigenvalue weighted by molar-refractivity contribution is 8.14. The van der Waals surface area contributed by atoms with E-state index in [4.69, 9.17) is 4.74 Å². The molecule has 0 radical (unpaired) electrons. The molecule has 2 amide bonds. The van der Waals surface area contributed by atoms with Gasteiger partial charge in [0.1, 0.15) is 22.5 Å². The molecule has 0 unspecified atom stereocenters. The van der Waals surface area contributed by atoms with Gasteiger partial charge in [-0.25, -0.2) is 4.99 Å². The number of amidine groups is 1. The largest absolute Gasteiger partial charge is 0.496 e. The average molecular weight is 599 g/mol. The van der Waals surface area contributed by atoms with Crippen LogP contribution in [0.2, 0.25) is 0 Å². The van der Waals surface area contributed by atoms with Crippen molar-refractivity contribution >= 4 is 56.8 Å². The number of nitrogens with one attached hydrogen (secondary N) is 1. The number of thiophene rings is 1. The monoisotopic (exact) mass is 598 g/mol. The number of para-hydroxylation sites is 2. The Hall–Kier alpha value is -3.87. The molecule has 1 N–H and O–H groups in total. The van der Waals surface area contributed by atoms with E-state index >= 15 is 0 Å². The van der Waals surface area contributed by atoms with Crippen LogP contribution in [0.4, 0.5) is 10.7 Å². The molecule has 5 rings (SSSR count). The number of fused-ring (bicyclic) bond motifs is 1. The predicted octanol–water partition coefficient (Wildman–Crippen LogP) is 7.29. The average Bonchev–Trinajstić information content (AvgIpc) is 3.51. The Kier molecular flexibility index (Phi) is 8.85. The minimum atomic E-state index is -0.280. The van der Waals surface area contributed by atoms with Gasteiger partial charge in [-0.2, -0.15) is 5.26 Å². The Bertz CT molecular complexity index is 1600. The minimum Gasteiger partial charge on any atom is -0.496 e. The summed E-state index contributed by atoms with van der Waals surface area (Å²) in [6.45, 7) is 6.85. The fourth-order valence-electron chi connectivity index (χ4n) is 5.37. The van der Waals surface area contributed by atoms with Crippen LogP contribution < -0.4 is 15.0 Å². The van der Waals surface area contributed by atoms with Crippen LogP contribution in [-0.2, 0) is 22.4 Å². The van der Waals surface area contributed by atoms with Gasteiger partial charge in [-0.05, 0) is 60.4 Å². The van der Waals surface area contributed by atoms with Crippen LogP contribution >= 0.6 is 23.1 Å². The number of nitriles is 1. The molecule has 0 saturated carbocycles. The number of aliphatic imine (C=N–C) groups is 1. The molecule has 42 heavy (non-hydrogen) atoms. The van der Waals surface area contributed by atoms with Crippen molar-refractivity contribution < 1.29 is 14.3 Å². The predicted molar refractivity (Wildman–Crippen MR) is 172 cm³/mol. The van der Waals surface area contributed by atoms with E-state index in [1.54, 1.807) is 13.2 Å². The first-order chi connectivity index (χ1) is 20.2. The fourth-order valence-corrected chi connectivity index (χ4v) is 7.48. The van der Waals surface area contributed by atoms with Gasteiger partial charge in [0.2, 0.25) is 5.91 Å². The maximum atomic E-state index is 13.5. The van der Waals surface area contributed by atoms with Crippen LogP contribution in [0.15, 0.2) is 65.3 Å². The van der Waals surface area contributed by atoms with E-state index in [1.165, 1.54) is 32.9 Å². The van der Waals surface area contributed by atoms with E-state index in [1.807, 2.05) is 54.6 Å². The summed E-state index contributed by atoms with van der Waals surface area (Å²) in [6, 6.07) is 19.0. The van der Waals surface area contributed by atoms with Crippen molar-refractivity contribution in [3.63, 3.8) is 0 Å². The number of thioether (sulfide) groups is 1. The van der Waals surface area contributed by atoms with Gasteiger partial charge in [-0.15, -0.1) is 11.3 Å². The third-order valence-corrected chi connectivity index (χ3v) is 10.4. The third-order valence-electron chi connectivity index (χ3n) is 8.25. The minimum absolute atomic E-state index is 0.0380. The first kappa shape index (κ1) is 29.6. The molecule has 0 bridgehead atoms. The quantitative estimate of drug-likeness (QED) is 0.275. The van der Waals surface area contributed by atoms with Crippen LogP contribution in [0.1, 0.15) is 55.2 Å². The number of rotatable bonds is 8. The highest BCUT2D eigenvalue weighted by Crippen LogP contribution is 2.45. The zero-order valence-corrected chi connectivity index (χ0v) is 25.9. The lowest BCUT2D eigenvalue weighted by Crippen LogP contribution is -2.31. The van der Waals surface area contributed by atoms with E-state index in [0.29, 0.717) is 33.1 Å². The molecular formula is C33H34N4O3S2. The van der Waals surface area contributed by atoms with Crippen molar-refractivity contribution in [3.05, 3.63) is 81.9 Å². The van der Waals surface area contributed by atoms with Gasteiger partial charge >= 0.3 is 0 Å². The highest BCUT2D eigenvalue weighted by Gasteiger charge is 2.35.